The van der Waals surface area contributed by atoms with Crippen molar-refractivity contribution in [1.29, 1.82) is 0 Å². The molecular formula is C17H19FNO2P. The third-order valence-corrected chi connectivity index (χ3v) is 6.87. The fourth-order valence-electron chi connectivity index (χ4n) is 2.77. The Balaban J connectivity index is 1.93. The van der Waals surface area contributed by atoms with Crippen LogP contribution in [-0.4, -0.2) is 17.8 Å². The summed E-state index contributed by atoms with van der Waals surface area (Å²) in [7, 11) is -1.91. The summed E-state index contributed by atoms with van der Waals surface area (Å²) in [5, 5.41) is 0. The Morgan fingerprint density at radius 3 is 2.23 bits per heavy atom. The Morgan fingerprint density at radius 1 is 1.09 bits per heavy atom. The second kappa shape index (κ2) is 5.96. The van der Waals surface area contributed by atoms with E-state index < -0.39 is 13.4 Å². The summed E-state index contributed by atoms with van der Waals surface area (Å²) in [5.74, 6) is -1.64. The molecule has 0 saturated carbocycles. The lowest BCUT2D eigenvalue weighted by Crippen LogP contribution is -2.24. The molecule has 4 atom stereocenters. The van der Waals surface area contributed by atoms with Crippen molar-refractivity contribution >= 4 is 7.52 Å². The Labute approximate surface area is 130 Å². The minimum Gasteiger partial charge on any atom is -0.305 e. The van der Waals surface area contributed by atoms with E-state index in [2.05, 4.69) is 0 Å². The molecule has 1 saturated heterocycles. The fourth-order valence-corrected chi connectivity index (χ4v) is 5.15. The molecule has 1 aliphatic heterocycles. The zero-order chi connectivity index (χ0) is 15.7. The number of hydrogen-bond donors (Lipinski definition) is 0. The van der Waals surface area contributed by atoms with Gasteiger partial charge in [-0.05, 0) is 25.1 Å². The zero-order valence-electron chi connectivity index (χ0n) is 12.6. The minimum atomic E-state index is -3.59. The van der Waals surface area contributed by atoms with Gasteiger partial charge >= 0.3 is 7.52 Å². The van der Waals surface area contributed by atoms with Gasteiger partial charge in [-0.15, -0.1) is 0 Å². The molecule has 0 aromatic heterocycles. The Hall–Kier alpha value is -1.48. The van der Waals surface area contributed by atoms with Crippen LogP contribution in [-0.2, 0) is 9.09 Å². The summed E-state index contributed by atoms with van der Waals surface area (Å²) in [6.07, 6.45) is -0.390. The van der Waals surface area contributed by atoms with Crippen LogP contribution in [0, 0.1) is 0 Å². The first-order valence-electron chi connectivity index (χ1n) is 7.29. The van der Waals surface area contributed by atoms with Crippen LogP contribution in [0.4, 0.5) is 4.39 Å². The fraction of sp³-hybridized carbons (Fsp3) is 0.294. The summed E-state index contributed by atoms with van der Waals surface area (Å²) in [5.41, 5.74) is 1.30. The average Bonchev–Trinajstić information content (AvgIpc) is 2.81. The van der Waals surface area contributed by atoms with Crippen LogP contribution >= 0.6 is 7.52 Å². The van der Waals surface area contributed by atoms with Crippen LogP contribution in [0.2, 0.25) is 0 Å². The van der Waals surface area contributed by atoms with Gasteiger partial charge in [0.1, 0.15) is 6.10 Å². The summed E-state index contributed by atoms with van der Waals surface area (Å²) in [6.45, 7) is 1.91. The van der Waals surface area contributed by atoms with Crippen molar-refractivity contribution in [2.24, 2.45) is 0 Å². The van der Waals surface area contributed by atoms with Gasteiger partial charge in [0.2, 0.25) is 5.91 Å². The van der Waals surface area contributed by atoms with Gasteiger partial charge in [0.05, 0.1) is 0 Å². The molecule has 2 aromatic carbocycles. The lowest BCUT2D eigenvalue weighted by atomic mass is 10.0. The van der Waals surface area contributed by atoms with Crippen molar-refractivity contribution in [3.8, 4) is 0 Å². The highest BCUT2D eigenvalue weighted by atomic mass is 31.2. The maximum Gasteiger partial charge on any atom is 0.311 e. The molecule has 0 aliphatic carbocycles. The average molecular weight is 319 g/mol. The van der Waals surface area contributed by atoms with Gasteiger partial charge in [-0.2, -0.15) is 0 Å². The van der Waals surface area contributed by atoms with Gasteiger partial charge in [0.15, 0.2) is 0 Å². The number of rotatable bonds is 3. The Morgan fingerprint density at radius 2 is 1.64 bits per heavy atom. The zero-order valence-corrected chi connectivity index (χ0v) is 13.5. The second-order valence-corrected chi connectivity index (χ2v) is 7.98. The molecule has 3 rings (SSSR count). The minimum absolute atomic E-state index is 0.157. The van der Waals surface area contributed by atoms with Gasteiger partial charge in [0.25, 0.3) is 0 Å². The number of nitrogens with zero attached hydrogens (tertiary/aromatic N) is 1. The topological polar surface area (TPSA) is 29.5 Å². The molecule has 0 spiro atoms. The number of alkyl halides is 1. The first kappa shape index (κ1) is 15.4. The normalized spacial score (nSPS) is 30.3. The third-order valence-electron chi connectivity index (χ3n) is 4.22. The standard InChI is InChI=1S/C17H19FNO2P/c1-13-16(14-9-5-3-6-10-14)21-22(20,19(13)2)17(18)15-11-7-4-8-12-15/h3-13,16-17H,1-2H3/t13-,16-,17-,22?/m0/s1. The smallest absolute Gasteiger partial charge is 0.305 e. The molecule has 5 heteroatoms. The molecule has 1 heterocycles. The van der Waals surface area contributed by atoms with E-state index >= 15 is 0 Å². The molecule has 22 heavy (non-hydrogen) atoms. The number of hydrogen-bond acceptors (Lipinski definition) is 2. The molecule has 0 bridgehead atoms. The van der Waals surface area contributed by atoms with Crippen molar-refractivity contribution in [1.82, 2.24) is 4.67 Å². The van der Waals surface area contributed by atoms with E-state index in [4.69, 9.17) is 4.52 Å². The van der Waals surface area contributed by atoms with Crippen LogP contribution in [0.25, 0.3) is 0 Å². The molecule has 1 unspecified atom stereocenters. The Bertz CT molecular complexity index is 680. The van der Waals surface area contributed by atoms with E-state index in [1.807, 2.05) is 37.3 Å². The van der Waals surface area contributed by atoms with Gasteiger partial charge in [-0.3, -0.25) is 4.57 Å². The SMILES string of the molecule is C[C@H]1[C@@H](c2ccccc2)OP(=O)([C@H](F)c2ccccc2)N1C. The highest BCUT2D eigenvalue weighted by Gasteiger charge is 2.52. The first-order chi connectivity index (χ1) is 10.5. The number of halogens is 1. The third kappa shape index (κ3) is 2.52. The van der Waals surface area contributed by atoms with Crippen molar-refractivity contribution < 1.29 is 13.5 Å². The van der Waals surface area contributed by atoms with Gasteiger partial charge < -0.3 is 4.52 Å². The van der Waals surface area contributed by atoms with Gasteiger partial charge in [-0.25, -0.2) is 9.06 Å². The highest BCUT2D eigenvalue weighted by molar-refractivity contribution is 7.56. The predicted molar refractivity (Wildman–Crippen MR) is 85.4 cm³/mol. The van der Waals surface area contributed by atoms with Gasteiger partial charge in [0, 0.05) is 6.04 Å². The monoisotopic (exact) mass is 319 g/mol. The second-order valence-electron chi connectivity index (χ2n) is 5.56. The molecule has 0 amide bonds. The van der Waals surface area contributed by atoms with E-state index in [1.165, 1.54) is 0 Å². The van der Waals surface area contributed by atoms with E-state index in [1.54, 1.807) is 42.0 Å². The molecule has 116 valence electrons. The molecule has 1 aliphatic rings. The van der Waals surface area contributed by atoms with Crippen molar-refractivity contribution in [2.45, 2.75) is 25.0 Å². The summed E-state index contributed by atoms with van der Waals surface area (Å²) >= 11 is 0. The highest BCUT2D eigenvalue weighted by Crippen LogP contribution is 2.70. The first-order valence-corrected chi connectivity index (χ1v) is 8.94. The van der Waals surface area contributed by atoms with Crippen LogP contribution in [0.1, 0.15) is 30.1 Å². The van der Waals surface area contributed by atoms with Crippen LogP contribution in [0.3, 0.4) is 0 Å². The summed E-state index contributed by atoms with van der Waals surface area (Å²) < 4.78 is 35.4. The van der Waals surface area contributed by atoms with E-state index in [0.717, 1.165) is 5.56 Å². The Kier molecular flexibility index (Phi) is 4.18. The van der Waals surface area contributed by atoms with Crippen molar-refractivity contribution in [3.63, 3.8) is 0 Å². The molecule has 2 aromatic rings. The molecule has 0 N–H and O–H groups in total. The van der Waals surface area contributed by atoms with E-state index in [9.17, 15) is 8.96 Å². The largest absolute Gasteiger partial charge is 0.311 e. The molecular weight excluding hydrogens is 300 g/mol. The maximum atomic E-state index is 14.9. The molecule has 1 fully saturated rings. The lowest BCUT2D eigenvalue weighted by molar-refractivity contribution is 0.203. The lowest BCUT2D eigenvalue weighted by Gasteiger charge is -2.23. The van der Waals surface area contributed by atoms with Gasteiger partial charge in [-0.1, -0.05) is 60.7 Å². The van der Waals surface area contributed by atoms with Crippen LogP contribution < -0.4 is 0 Å². The number of likely N-dealkylation sites (N-methyl/N-ethyl adjacent to an activating group) is 1. The van der Waals surface area contributed by atoms with Crippen LogP contribution in [0.5, 0.6) is 0 Å². The van der Waals surface area contributed by atoms with E-state index in [0.29, 0.717) is 5.56 Å². The summed E-state index contributed by atoms with van der Waals surface area (Å²) in [6, 6.07) is 18.0. The van der Waals surface area contributed by atoms with E-state index in [-0.39, 0.29) is 12.1 Å². The quantitative estimate of drug-likeness (QED) is 0.751. The summed E-state index contributed by atoms with van der Waals surface area (Å²) in [4.78, 5) is 0. The van der Waals surface area contributed by atoms with Crippen molar-refractivity contribution in [3.05, 3.63) is 71.8 Å². The maximum absolute atomic E-state index is 14.9. The predicted octanol–water partition coefficient (Wildman–Crippen LogP) is 4.94. The molecule has 3 nitrogen and oxygen atoms in total. The molecule has 0 radical (unpaired) electrons. The van der Waals surface area contributed by atoms with Crippen molar-refractivity contribution in [2.75, 3.05) is 7.05 Å². The number of benzene rings is 2. The van der Waals surface area contributed by atoms with Crippen LogP contribution in [0.15, 0.2) is 60.7 Å².